The number of β-amino-alcohol motifs (C(OH)–C–C–N with tert-alkyl or cyclic N) is 1. The van der Waals surface area contributed by atoms with Gasteiger partial charge < -0.3 is 10.0 Å². The quantitative estimate of drug-likeness (QED) is 0.540. The number of aliphatic hydroxyl groups excluding tert-OH is 1. The number of anilines is 1. The van der Waals surface area contributed by atoms with E-state index in [1.54, 1.807) is 19.2 Å². The number of aliphatic hydroxyl groups is 1. The Hall–Kier alpha value is -2.69. The second-order valence-corrected chi connectivity index (χ2v) is 6.89. The van der Waals surface area contributed by atoms with E-state index in [-0.39, 0.29) is 29.3 Å². The number of nitrogens with zero attached hydrogens (tertiary/aromatic N) is 5. The Bertz CT molecular complexity index is 980. The molecule has 0 aliphatic carbocycles. The topological polar surface area (TPSA) is 114 Å². The van der Waals surface area contributed by atoms with Crippen molar-refractivity contribution in [3.05, 3.63) is 66.8 Å². The fraction of sp³-hybridized carbons (Fsp3) is 0.444. The molecule has 2 heterocycles. The zero-order chi connectivity index (χ0) is 20.4. The number of non-ortho nitro benzene ring substituents is 1. The molecule has 1 aliphatic heterocycles. The molecule has 1 saturated heterocycles. The highest BCUT2D eigenvalue weighted by Crippen LogP contribution is 2.20. The molecule has 2 aromatic rings. The Balaban J connectivity index is 0.00000300. The predicted molar refractivity (Wildman–Crippen MR) is 111 cm³/mol. The molecule has 3 rings (SSSR count). The maximum absolute atomic E-state index is 12.1. The van der Waals surface area contributed by atoms with Gasteiger partial charge in [-0.05, 0) is 17.7 Å². The molecule has 1 fully saturated rings. The van der Waals surface area contributed by atoms with Gasteiger partial charge in [0.25, 0.3) is 11.2 Å². The number of nitro groups is 1. The molecule has 11 heteroatoms. The maximum Gasteiger partial charge on any atom is 0.332 e. The molecule has 0 spiro atoms. The molecular formula is C18H24ClN5O5. The number of aromatic nitrogens is 2. The van der Waals surface area contributed by atoms with E-state index in [0.717, 1.165) is 4.57 Å². The molecule has 1 atom stereocenters. The van der Waals surface area contributed by atoms with E-state index in [2.05, 4.69) is 4.90 Å². The van der Waals surface area contributed by atoms with Crippen LogP contribution in [0, 0.1) is 10.1 Å². The number of benzene rings is 1. The molecular weight excluding hydrogens is 402 g/mol. The van der Waals surface area contributed by atoms with Crippen molar-refractivity contribution in [3.63, 3.8) is 0 Å². The number of hydrogen-bond acceptors (Lipinski definition) is 7. The van der Waals surface area contributed by atoms with Crippen LogP contribution in [0.25, 0.3) is 0 Å². The van der Waals surface area contributed by atoms with Crippen LogP contribution in [0.15, 0.2) is 39.9 Å². The Morgan fingerprint density at radius 3 is 2.21 bits per heavy atom. The lowest BCUT2D eigenvalue weighted by molar-refractivity contribution is -0.384. The van der Waals surface area contributed by atoms with Crippen LogP contribution in [-0.4, -0.2) is 56.8 Å². The highest BCUT2D eigenvalue weighted by Gasteiger charge is 2.22. The maximum atomic E-state index is 12.1. The van der Waals surface area contributed by atoms with Gasteiger partial charge in [-0.25, -0.2) is 4.79 Å². The van der Waals surface area contributed by atoms with Gasteiger partial charge in [0, 0.05) is 65.0 Å². The molecule has 0 radical (unpaired) electrons. The van der Waals surface area contributed by atoms with Gasteiger partial charge in [-0.2, -0.15) is 0 Å². The molecule has 1 unspecified atom stereocenters. The minimum Gasteiger partial charge on any atom is -0.387 e. The average molecular weight is 426 g/mol. The largest absolute Gasteiger partial charge is 0.387 e. The minimum atomic E-state index is -0.749. The van der Waals surface area contributed by atoms with Gasteiger partial charge in [0.15, 0.2) is 0 Å². The first-order chi connectivity index (χ1) is 13.3. The molecule has 10 nitrogen and oxygen atoms in total. The summed E-state index contributed by atoms with van der Waals surface area (Å²) in [5.74, 6) is 0.587. The summed E-state index contributed by atoms with van der Waals surface area (Å²) in [5.41, 5.74) is -0.0844. The first-order valence-electron chi connectivity index (χ1n) is 8.94. The smallest absolute Gasteiger partial charge is 0.332 e. The first kappa shape index (κ1) is 22.6. The van der Waals surface area contributed by atoms with Crippen LogP contribution in [0.3, 0.4) is 0 Å². The molecule has 29 heavy (non-hydrogen) atoms. The molecule has 1 aliphatic rings. The van der Waals surface area contributed by atoms with E-state index in [9.17, 15) is 24.8 Å². The van der Waals surface area contributed by atoms with Crippen LogP contribution in [-0.2, 0) is 14.1 Å². The summed E-state index contributed by atoms with van der Waals surface area (Å²) in [6, 6.07) is 7.35. The lowest BCUT2D eigenvalue weighted by atomic mass is 10.1. The standard InChI is InChI=1S/C18H23N5O5.ClH/c1-19-16(11-17(25)20(2)18(19)26)22-9-7-21(8-10-22)12-15(24)13-3-5-14(6-4-13)23(27)28;/h3-6,11,15,24H,7-10,12H2,1-2H3;1H. The second kappa shape index (κ2) is 9.21. The number of nitro benzene ring substituents is 1. The van der Waals surface area contributed by atoms with Crippen molar-refractivity contribution in [2.75, 3.05) is 37.6 Å². The van der Waals surface area contributed by atoms with Gasteiger partial charge in [-0.3, -0.25) is 28.9 Å². The Labute approximate surface area is 173 Å². The van der Waals surface area contributed by atoms with Crippen LogP contribution >= 0.6 is 12.4 Å². The van der Waals surface area contributed by atoms with E-state index in [1.807, 2.05) is 4.90 Å². The average Bonchev–Trinajstić information content (AvgIpc) is 2.70. The molecule has 1 N–H and O–H groups in total. The lowest BCUT2D eigenvalue weighted by Crippen LogP contribution is -2.50. The number of hydrogen-bond donors (Lipinski definition) is 1. The third-order valence-electron chi connectivity index (χ3n) is 5.12. The summed E-state index contributed by atoms with van der Waals surface area (Å²) in [4.78, 5) is 38.3. The fourth-order valence-corrected chi connectivity index (χ4v) is 3.35. The van der Waals surface area contributed by atoms with E-state index in [1.165, 1.54) is 29.8 Å². The number of halogens is 1. The van der Waals surface area contributed by atoms with Crippen LogP contribution in [0.4, 0.5) is 11.5 Å². The van der Waals surface area contributed by atoms with Crippen molar-refractivity contribution in [2.45, 2.75) is 6.10 Å². The van der Waals surface area contributed by atoms with Gasteiger partial charge in [-0.1, -0.05) is 0 Å². The third-order valence-corrected chi connectivity index (χ3v) is 5.12. The monoisotopic (exact) mass is 425 g/mol. The van der Waals surface area contributed by atoms with Crippen molar-refractivity contribution in [1.82, 2.24) is 14.0 Å². The summed E-state index contributed by atoms with van der Waals surface area (Å²) in [5, 5.41) is 21.1. The highest BCUT2D eigenvalue weighted by molar-refractivity contribution is 5.85. The van der Waals surface area contributed by atoms with Crippen LogP contribution in [0.5, 0.6) is 0 Å². The Morgan fingerprint density at radius 1 is 1.07 bits per heavy atom. The zero-order valence-corrected chi connectivity index (χ0v) is 17.0. The number of piperazine rings is 1. The molecule has 158 valence electrons. The van der Waals surface area contributed by atoms with Gasteiger partial charge in [0.05, 0.1) is 11.0 Å². The number of rotatable bonds is 5. The summed E-state index contributed by atoms with van der Waals surface area (Å²) >= 11 is 0. The van der Waals surface area contributed by atoms with Gasteiger partial charge in [0.2, 0.25) is 0 Å². The van der Waals surface area contributed by atoms with Crippen molar-refractivity contribution >= 4 is 23.9 Å². The van der Waals surface area contributed by atoms with Crippen molar-refractivity contribution in [2.24, 2.45) is 14.1 Å². The molecule has 0 saturated carbocycles. The Kier molecular flexibility index (Phi) is 7.17. The second-order valence-electron chi connectivity index (χ2n) is 6.89. The van der Waals surface area contributed by atoms with Gasteiger partial charge >= 0.3 is 5.69 Å². The highest BCUT2D eigenvalue weighted by atomic mass is 35.5. The first-order valence-corrected chi connectivity index (χ1v) is 8.94. The van der Waals surface area contributed by atoms with E-state index >= 15 is 0 Å². The lowest BCUT2D eigenvalue weighted by Gasteiger charge is -2.37. The van der Waals surface area contributed by atoms with E-state index in [4.69, 9.17) is 0 Å². The van der Waals surface area contributed by atoms with Crippen LogP contribution in [0.2, 0.25) is 0 Å². The van der Waals surface area contributed by atoms with Crippen molar-refractivity contribution in [3.8, 4) is 0 Å². The summed E-state index contributed by atoms with van der Waals surface area (Å²) in [6.45, 7) is 2.96. The van der Waals surface area contributed by atoms with Gasteiger partial charge in [-0.15, -0.1) is 12.4 Å². The normalized spacial score (nSPS) is 15.6. The molecule has 0 bridgehead atoms. The van der Waals surface area contributed by atoms with E-state index in [0.29, 0.717) is 44.1 Å². The van der Waals surface area contributed by atoms with Crippen molar-refractivity contribution < 1.29 is 10.0 Å². The van der Waals surface area contributed by atoms with Crippen LogP contribution in [0.1, 0.15) is 11.7 Å². The third kappa shape index (κ3) is 4.84. The zero-order valence-electron chi connectivity index (χ0n) is 16.2. The minimum absolute atomic E-state index is 0. The summed E-state index contributed by atoms with van der Waals surface area (Å²) in [7, 11) is 3.09. The predicted octanol–water partition coefficient (Wildman–Crippen LogP) is 0.270. The van der Waals surface area contributed by atoms with E-state index < -0.39 is 11.0 Å². The summed E-state index contributed by atoms with van der Waals surface area (Å²) < 4.78 is 2.53. The molecule has 0 amide bonds. The van der Waals surface area contributed by atoms with Crippen molar-refractivity contribution in [1.29, 1.82) is 0 Å². The fourth-order valence-electron chi connectivity index (χ4n) is 3.35. The molecule has 1 aromatic heterocycles. The molecule has 1 aromatic carbocycles. The Morgan fingerprint density at radius 2 is 1.66 bits per heavy atom. The summed E-state index contributed by atoms with van der Waals surface area (Å²) in [6.07, 6.45) is -0.749. The SMILES string of the molecule is Cl.Cn1c(N2CCN(CC(O)c3ccc([N+](=O)[O-])cc3)CC2)cc(=O)n(C)c1=O. The van der Waals surface area contributed by atoms with Gasteiger partial charge in [0.1, 0.15) is 5.82 Å². The van der Waals surface area contributed by atoms with Crippen LogP contribution < -0.4 is 16.1 Å².